The number of hydrogen-bond donors (Lipinski definition) is 5. The van der Waals surface area contributed by atoms with Crippen molar-refractivity contribution in [3.63, 3.8) is 0 Å². The van der Waals surface area contributed by atoms with Gasteiger partial charge in [-0.1, -0.05) is 66.4 Å². The lowest BCUT2D eigenvalue weighted by molar-refractivity contribution is -0.383. The zero-order valence-electron chi connectivity index (χ0n) is 24.0. The smallest absolute Gasteiger partial charge is 0.326 e. The van der Waals surface area contributed by atoms with Crippen LogP contribution in [0.2, 0.25) is 10.0 Å². The summed E-state index contributed by atoms with van der Waals surface area (Å²) in [5.74, 6) is -2.11. The highest BCUT2D eigenvalue weighted by molar-refractivity contribution is 6.40. The number of rotatable bonds is 12. The van der Waals surface area contributed by atoms with Crippen molar-refractivity contribution in [1.29, 1.82) is 0 Å². The number of urea groups is 1. The van der Waals surface area contributed by atoms with E-state index < -0.39 is 40.2 Å². The lowest BCUT2D eigenvalue weighted by Crippen LogP contribution is -2.49. The number of hydrogen-bond acceptors (Lipinski definition) is 6. The van der Waals surface area contributed by atoms with Gasteiger partial charge >= 0.3 is 12.0 Å². The fraction of sp³-hybridized carbons (Fsp3) is 0.290. The number of halogens is 2. The van der Waals surface area contributed by atoms with Gasteiger partial charge in [-0.2, -0.15) is 0 Å². The molecule has 45 heavy (non-hydrogen) atoms. The molecule has 0 heterocycles. The summed E-state index contributed by atoms with van der Waals surface area (Å²) in [6.07, 6.45) is 2.88. The Morgan fingerprint density at radius 1 is 0.911 bits per heavy atom. The fourth-order valence-corrected chi connectivity index (χ4v) is 5.91. The molecule has 4 rings (SSSR count). The van der Waals surface area contributed by atoms with Gasteiger partial charge in [0.25, 0.3) is 11.6 Å². The molecule has 0 saturated heterocycles. The average molecular weight is 657 g/mol. The molecule has 1 atom stereocenters. The van der Waals surface area contributed by atoms with Gasteiger partial charge in [0, 0.05) is 24.7 Å². The number of carbonyl (C=O) groups is 4. The van der Waals surface area contributed by atoms with E-state index in [1.54, 1.807) is 48.5 Å². The molecule has 0 aromatic heterocycles. The van der Waals surface area contributed by atoms with Crippen LogP contribution in [0.15, 0.2) is 66.7 Å². The second-order valence-electron chi connectivity index (χ2n) is 10.7. The van der Waals surface area contributed by atoms with Crippen LogP contribution >= 0.6 is 23.2 Å². The first kappa shape index (κ1) is 33.2. The molecule has 4 amide bonds. The highest BCUT2D eigenvalue weighted by Crippen LogP contribution is 2.41. The number of carboxylic acid groups (broad SMARTS) is 1. The molecule has 12 nitrogen and oxygen atoms in total. The predicted molar refractivity (Wildman–Crippen MR) is 170 cm³/mol. The minimum Gasteiger partial charge on any atom is -0.480 e. The van der Waals surface area contributed by atoms with Gasteiger partial charge in [0.05, 0.1) is 25.9 Å². The molecule has 1 aliphatic carbocycles. The van der Waals surface area contributed by atoms with Crippen LogP contribution in [0.1, 0.15) is 48.0 Å². The van der Waals surface area contributed by atoms with Gasteiger partial charge in [-0.25, -0.2) is 9.59 Å². The second kappa shape index (κ2) is 14.9. The second-order valence-corrected chi connectivity index (χ2v) is 11.5. The number of para-hydroxylation sites is 2. The molecular weight excluding hydrogens is 625 g/mol. The van der Waals surface area contributed by atoms with E-state index in [0.29, 0.717) is 24.1 Å². The van der Waals surface area contributed by atoms with E-state index in [2.05, 4.69) is 21.3 Å². The molecule has 1 aliphatic rings. The Labute approximate surface area is 268 Å². The van der Waals surface area contributed by atoms with Crippen LogP contribution in [0.3, 0.4) is 0 Å². The Morgan fingerprint density at radius 2 is 1.56 bits per heavy atom. The van der Waals surface area contributed by atoms with Crippen LogP contribution < -0.4 is 21.3 Å². The SMILES string of the molecule is O=C(NCCC1(C(=O)N[C@@H](Cc2ccc(NC(=O)c3c(Cl)cccc3Cl)cc2)C(=O)O)CCCC1)Nc1ccccc1[N+](=O)[O-]. The van der Waals surface area contributed by atoms with E-state index in [1.165, 1.54) is 18.2 Å². The number of aliphatic carboxylic acids is 1. The van der Waals surface area contributed by atoms with Crippen LogP contribution in [0, 0.1) is 15.5 Å². The number of benzene rings is 3. The number of nitrogens with one attached hydrogen (secondary N) is 4. The van der Waals surface area contributed by atoms with Crippen molar-refractivity contribution in [1.82, 2.24) is 10.6 Å². The standard InChI is InChI=1S/C31H31Cl2N5O7/c32-21-6-5-7-22(33)26(21)27(39)35-20-12-10-19(11-13-20)18-24(28(40)41)36-29(42)31(14-3-4-15-31)16-17-34-30(43)37-23-8-1-2-9-25(23)38(44)45/h1-2,5-13,24H,3-4,14-18H2,(H,35,39)(H,36,42)(H,40,41)(H2,34,37,43)/t24-/m0/s1. The van der Waals surface area contributed by atoms with Gasteiger partial charge in [-0.15, -0.1) is 0 Å². The Hall–Kier alpha value is -4.68. The van der Waals surface area contributed by atoms with E-state index in [1.807, 2.05) is 0 Å². The van der Waals surface area contributed by atoms with Gasteiger partial charge in [0.15, 0.2) is 0 Å². The maximum absolute atomic E-state index is 13.5. The molecular formula is C31H31Cl2N5O7. The Balaban J connectivity index is 1.34. The van der Waals surface area contributed by atoms with E-state index in [-0.39, 0.29) is 46.4 Å². The van der Waals surface area contributed by atoms with Gasteiger partial charge in [-0.3, -0.25) is 19.7 Å². The molecule has 0 bridgehead atoms. The summed E-state index contributed by atoms with van der Waals surface area (Å²) in [6, 6.07) is 15.1. The summed E-state index contributed by atoms with van der Waals surface area (Å²) in [5.41, 5.74) is 0.117. The van der Waals surface area contributed by atoms with Gasteiger partial charge < -0.3 is 26.4 Å². The molecule has 1 fully saturated rings. The third-order valence-corrected chi connectivity index (χ3v) is 8.36. The number of nitrogens with zero attached hydrogens (tertiary/aromatic N) is 1. The maximum Gasteiger partial charge on any atom is 0.326 e. The largest absolute Gasteiger partial charge is 0.480 e. The lowest BCUT2D eigenvalue weighted by Gasteiger charge is -2.29. The van der Waals surface area contributed by atoms with E-state index in [4.69, 9.17) is 23.2 Å². The number of anilines is 2. The maximum atomic E-state index is 13.5. The summed E-state index contributed by atoms with van der Waals surface area (Å²) >= 11 is 12.2. The highest BCUT2D eigenvalue weighted by Gasteiger charge is 2.42. The third kappa shape index (κ3) is 8.49. The normalized spacial score (nSPS) is 14.2. The van der Waals surface area contributed by atoms with Crippen LogP contribution in [-0.2, 0) is 16.0 Å². The molecule has 0 aliphatic heterocycles. The van der Waals surface area contributed by atoms with Crippen LogP contribution in [-0.4, -0.2) is 46.4 Å². The first-order valence-corrected chi connectivity index (χ1v) is 14.9. The Kier molecular flexibility index (Phi) is 11.0. The zero-order chi connectivity index (χ0) is 32.6. The number of carboxylic acids is 1. The van der Waals surface area contributed by atoms with Crippen molar-refractivity contribution in [3.05, 3.63) is 98.0 Å². The molecule has 3 aromatic carbocycles. The summed E-state index contributed by atoms with van der Waals surface area (Å²) in [7, 11) is 0. The molecule has 14 heteroatoms. The van der Waals surface area contributed by atoms with Crippen molar-refractivity contribution >= 4 is 64.1 Å². The summed E-state index contributed by atoms with van der Waals surface area (Å²) in [5, 5.41) is 32.0. The van der Waals surface area contributed by atoms with Gasteiger partial charge in [0.2, 0.25) is 5.91 Å². The zero-order valence-corrected chi connectivity index (χ0v) is 25.5. The average Bonchev–Trinajstić information content (AvgIpc) is 3.48. The first-order valence-electron chi connectivity index (χ1n) is 14.2. The quantitative estimate of drug-likeness (QED) is 0.116. The van der Waals surface area contributed by atoms with Crippen molar-refractivity contribution in [2.24, 2.45) is 5.41 Å². The Morgan fingerprint density at radius 3 is 2.18 bits per heavy atom. The highest BCUT2D eigenvalue weighted by atomic mass is 35.5. The lowest BCUT2D eigenvalue weighted by atomic mass is 9.81. The van der Waals surface area contributed by atoms with Crippen molar-refractivity contribution in [2.45, 2.75) is 44.6 Å². The summed E-state index contributed by atoms with van der Waals surface area (Å²) < 4.78 is 0. The monoisotopic (exact) mass is 655 g/mol. The molecule has 0 spiro atoms. The fourth-order valence-electron chi connectivity index (χ4n) is 5.34. The topological polar surface area (TPSA) is 180 Å². The third-order valence-electron chi connectivity index (χ3n) is 7.73. The molecule has 3 aromatic rings. The molecule has 1 saturated carbocycles. The van der Waals surface area contributed by atoms with E-state index in [9.17, 15) is 34.4 Å². The predicted octanol–water partition coefficient (Wildman–Crippen LogP) is 6.04. The van der Waals surface area contributed by atoms with Gasteiger partial charge in [0.1, 0.15) is 11.7 Å². The molecule has 5 N–H and O–H groups in total. The minimum absolute atomic E-state index is 0.00175. The molecule has 236 valence electrons. The molecule has 0 unspecified atom stereocenters. The van der Waals surface area contributed by atoms with E-state index in [0.717, 1.165) is 12.8 Å². The number of amides is 4. The summed E-state index contributed by atoms with van der Waals surface area (Å²) in [4.78, 5) is 61.3. The minimum atomic E-state index is -1.22. The van der Waals surface area contributed by atoms with Crippen molar-refractivity contribution < 1.29 is 29.2 Å². The van der Waals surface area contributed by atoms with Gasteiger partial charge in [-0.05, 0) is 55.2 Å². The van der Waals surface area contributed by atoms with Crippen molar-refractivity contribution in [2.75, 3.05) is 17.2 Å². The molecule has 0 radical (unpaired) electrons. The number of nitro groups is 1. The first-order chi connectivity index (χ1) is 21.5. The van der Waals surface area contributed by atoms with Crippen molar-refractivity contribution in [3.8, 4) is 0 Å². The Bertz CT molecular complexity index is 1570. The van der Waals surface area contributed by atoms with E-state index >= 15 is 0 Å². The van der Waals surface area contributed by atoms with Crippen LogP contribution in [0.25, 0.3) is 0 Å². The number of nitro benzene ring substituents is 1. The van der Waals surface area contributed by atoms with Crippen LogP contribution in [0.5, 0.6) is 0 Å². The number of carbonyl (C=O) groups excluding carboxylic acids is 3. The summed E-state index contributed by atoms with van der Waals surface area (Å²) in [6.45, 7) is 0.101. The van der Waals surface area contributed by atoms with Crippen LogP contribution in [0.4, 0.5) is 21.9 Å².